The average molecular weight is 169 g/mol. The fourth-order valence-corrected chi connectivity index (χ4v) is 2.31. The van der Waals surface area contributed by atoms with Gasteiger partial charge in [-0.25, -0.2) is 0 Å². The van der Waals surface area contributed by atoms with Crippen LogP contribution in [0.25, 0.3) is 0 Å². The lowest BCUT2D eigenvalue weighted by Gasteiger charge is -2.46. The fraction of sp³-hybridized carbons (Fsp3) is 0.889. The van der Waals surface area contributed by atoms with Crippen molar-refractivity contribution >= 4 is 5.97 Å². The van der Waals surface area contributed by atoms with Crippen molar-refractivity contribution < 1.29 is 9.90 Å². The standard InChI is InChI=1S/C9H15NO2/c11-8(12)7-1-3-9(4-2-7)5-10-6-9/h7,10H,1-6H2,(H,11,12). The third-order valence-corrected chi connectivity index (χ3v) is 3.40. The minimum atomic E-state index is -0.600. The van der Waals surface area contributed by atoms with Crippen LogP contribution in [0.5, 0.6) is 0 Å². The molecule has 68 valence electrons. The Hall–Kier alpha value is -0.570. The van der Waals surface area contributed by atoms with Crippen LogP contribution in [0.1, 0.15) is 25.7 Å². The van der Waals surface area contributed by atoms with Gasteiger partial charge in [0.1, 0.15) is 0 Å². The number of aliphatic carboxylic acids is 1. The first kappa shape index (κ1) is 8.05. The highest BCUT2D eigenvalue weighted by Gasteiger charge is 2.41. The van der Waals surface area contributed by atoms with E-state index >= 15 is 0 Å². The van der Waals surface area contributed by atoms with Crippen LogP contribution in [0.15, 0.2) is 0 Å². The Kier molecular flexibility index (Phi) is 1.83. The summed E-state index contributed by atoms with van der Waals surface area (Å²) < 4.78 is 0. The second-order valence-electron chi connectivity index (χ2n) is 4.22. The van der Waals surface area contributed by atoms with Crippen molar-refractivity contribution in [2.75, 3.05) is 13.1 Å². The maximum atomic E-state index is 10.7. The summed E-state index contributed by atoms with van der Waals surface area (Å²) in [5, 5.41) is 12.1. The van der Waals surface area contributed by atoms with E-state index in [0.717, 1.165) is 38.8 Å². The lowest BCUT2D eigenvalue weighted by molar-refractivity contribution is -0.144. The molecule has 2 rings (SSSR count). The van der Waals surface area contributed by atoms with Gasteiger partial charge in [0.05, 0.1) is 5.92 Å². The van der Waals surface area contributed by atoms with Crippen LogP contribution in [0.2, 0.25) is 0 Å². The maximum Gasteiger partial charge on any atom is 0.306 e. The number of carbonyl (C=O) groups is 1. The summed E-state index contributed by atoms with van der Waals surface area (Å²) in [6.07, 6.45) is 3.99. The quantitative estimate of drug-likeness (QED) is 0.612. The molecule has 1 saturated carbocycles. The fourth-order valence-electron chi connectivity index (χ4n) is 2.31. The van der Waals surface area contributed by atoms with Gasteiger partial charge in [0.2, 0.25) is 0 Å². The van der Waals surface area contributed by atoms with Crippen molar-refractivity contribution in [2.24, 2.45) is 11.3 Å². The lowest BCUT2D eigenvalue weighted by Crippen LogP contribution is -2.55. The zero-order chi connectivity index (χ0) is 8.60. The van der Waals surface area contributed by atoms with Gasteiger partial charge in [-0.1, -0.05) is 0 Å². The molecule has 2 N–H and O–H groups in total. The van der Waals surface area contributed by atoms with Gasteiger partial charge in [-0.05, 0) is 31.1 Å². The molecule has 0 aromatic rings. The van der Waals surface area contributed by atoms with Crippen molar-refractivity contribution in [1.82, 2.24) is 5.32 Å². The van der Waals surface area contributed by atoms with Gasteiger partial charge in [-0.15, -0.1) is 0 Å². The highest BCUT2D eigenvalue weighted by molar-refractivity contribution is 5.70. The minimum Gasteiger partial charge on any atom is -0.481 e. The topological polar surface area (TPSA) is 49.3 Å². The van der Waals surface area contributed by atoms with Gasteiger partial charge in [0.15, 0.2) is 0 Å². The van der Waals surface area contributed by atoms with Gasteiger partial charge in [0, 0.05) is 13.1 Å². The third kappa shape index (κ3) is 1.22. The molecule has 12 heavy (non-hydrogen) atoms. The number of hydrogen-bond acceptors (Lipinski definition) is 2. The first-order valence-corrected chi connectivity index (χ1v) is 4.65. The Morgan fingerprint density at radius 2 is 1.92 bits per heavy atom. The van der Waals surface area contributed by atoms with Crippen molar-refractivity contribution in [3.63, 3.8) is 0 Å². The zero-order valence-electron chi connectivity index (χ0n) is 7.18. The Balaban J connectivity index is 1.88. The molecule has 2 aliphatic rings. The molecule has 0 bridgehead atoms. The van der Waals surface area contributed by atoms with Crippen LogP contribution in [-0.4, -0.2) is 24.2 Å². The largest absolute Gasteiger partial charge is 0.481 e. The predicted octanol–water partition coefficient (Wildman–Crippen LogP) is 0.851. The second-order valence-corrected chi connectivity index (χ2v) is 4.22. The first-order chi connectivity index (χ1) is 5.72. The molecule has 2 fully saturated rings. The summed E-state index contributed by atoms with van der Waals surface area (Å²) in [6.45, 7) is 2.22. The summed E-state index contributed by atoms with van der Waals surface area (Å²) in [6, 6.07) is 0. The van der Waals surface area contributed by atoms with E-state index in [1.54, 1.807) is 0 Å². The van der Waals surface area contributed by atoms with Crippen LogP contribution < -0.4 is 5.32 Å². The van der Waals surface area contributed by atoms with Gasteiger partial charge < -0.3 is 10.4 Å². The Labute approximate surface area is 72.2 Å². The third-order valence-electron chi connectivity index (χ3n) is 3.40. The van der Waals surface area contributed by atoms with Crippen LogP contribution in [-0.2, 0) is 4.79 Å². The molecule has 1 aliphatic carbocycles. The van der Waals surface area contributed by atoms with Crippen molar-refractivity contribution in [3.05, 3.63) is 0 Å². The van der Waals surface area contributed by atoms with Crippen LogP contribution >= 0.6 is 0 Å². The first-order valence-electron chi connectivity index (χ1n) is 4.65. The molecule has 1 saturated heterocycles. The highest BCUT2D eigenvalue weighted by atomic mass is 16.4. The molecule has 1 heterocycles. The van der Waals surface area contributed by atoms with E-state index in [4.69, 9.17) is 5.11 Å². The van der Waals surface area contributed by atoms with Gasteiger partial charge in [-0.3, -0.25) is 4.79 Å². The molecule has 0 aromatic carbocycles. The Bertz CT molecular complexity index is 189. The van der Waals surface area contributed by atoms with E-state index in [0.29, 0.717) is 5.41 Å². The molecule has 1 spiro atoms. The average Bonchev–Trinajstić information content (AvgIpc) is 2.02. The van der Waals surface area contributed by atoms with E-state index < -0.39 is 5.97 Å². The zero-order valence-corrected chi connectivity index (χ0v) is 7.18. The second kappa shape index (κ2) is 2.73. The molecule has 0 amide bonds. The molecular formula is C9H15NO2. The highest BCUT2D eigenvalue weighted by Crippen LogP contribution is 2.41. The molecule has 3 heteroatoms. The number of hydrogen-bond donors (Lipinski definition) is 2. The van der Waals surface area contributed by atoms with Crippen LogP contribution in [0.4, 0.5) is 0 Å². The van der Waals surface area contributed by atoms with E-state index in [1.165, 1.54) is 0 Å². The number of carboxylic acid groups (broad SMARTS) is 1. The maximum absolute atomic E-state index is 10.7. The normalized spacial score (nSPS) is 28.3. The molecular weight excluding hydrogens is 154 g/mol. The van der Waals surface area contributed by atoms with Crippen molar-refractivity contribution in [1.29, 1.82) is 0 Å². The summed E-state index contributed by atoms with van der Waals surface area (Å²) in [5.41, 5.74) is 0.492. The summed E-state index contributed by atoms with van der Waals surface area (Å²) in [4.78, 5) is 10.7. The molecule has 1 aliphatic heterocycles. The van der Waals surface area contributed by atoms with Crippen molar-refractivity contribution in [2.45, 2.75) is 25.7 Å². The predicted molar refractivity (Wildman–Crippen MR) is 44.9 cm³/mol. The lowest BCUT2D eigenvalue weighted by atomic mass is 9.67. The summed E-state index contributed by atoms with van der Waals surface area (Å²) >= 11 is 0. The van der Waals surface area contributed by atoms with E-state index in [9.17, 15) is 4.79 Å². The van der Waals surface area contributed by atoms with E-state index in [2.05, 4.69) is 5.32 Å². The number of nitrogens with one attached hydrogen (secondary N) is 1. The Morgan fingerprint density at radius 3 is 2.25 bits per heavy atom. The smallest absolute Gasteiger partial charge is 0.306 e. The number of carboxylic acids is 1. The summed E-state index contributed by atoms with van der Waals surface area (Å²) in [5.74, 6) is -0.659. The molecule has 3 nitrogen and oxygen atoms in total. The molecule has 0 radical (unpaired) electrons. The van der Waals surface area contributed by atoms with Crippen LogP contribution in [0, 0.1) is 11.3 Å². The van der Waals surface area contributed by atoms with Crippen LogP contribution in [0.3, 0.4) is 0 Å². The van der Waals surface area contributed by atoms with Gasteiger partial charge in [-0.2, -0.15) is 0 Å². The number of rotatable bonds is 1. The summed E-state index contributed by atoms with van der Waals surface area (Å²) in [7, 11) is 0. The molecule has 0 unspecified atom stereocenters. The van der Waals surface area contributed by atoms with Gasteiger partial charge >= 0.3 is 5.97 Å². The van der Waals surface area contributed by atoms with Crippen molar-refractivity contribution in [3.8, 4) is 0 Å². The molecule has 0 atom stereocenters. The SMILES string of the molecule is O=C(O)C1CCC2(CC1)CNC2. The van der Waals surface area contributed by atoms with E-state index in [-0.39, 0.29) is 5.92 Å². The van der Waals surface area contributed by atoms with E-state index in [1.807, 2.05) is 0 Å². The minimum absolute atomic E-state index is 0.0591. The molecule has 0 aromatic heterocycles. The Morgan fingerprint density at radius 1 is 1.33 bits per heavy atom. The van der Waals surface area contributed by atoms with Gasteiger partial charge in [0.25, 0.3) is 0 Å². The monoisotopic (exact) mass is 169 g/mol.